The van der Waals surface area contributed by atoms with E-state index in [2.05, 4.69) is 16.3 Å². The van der Waals surface area contributed by atoms with Crippen LogP contribution in [0.1, 0.15) is 49.3 Å². The molecule has 1 saturated heterocycles. The van der Waals surface area contributed by atoms with Crippen LogP contribution in [0.2, 0.25) is 0 Å². The molecule has 1 aromatic rings. The van der Waals surface area contributed by atoms with Crippen LogP contribution >= 0.6 is 24.8 Å². The Labute approximate surface area is 162 Å². The Morgan fingerprint density at radius 2 is 1.80 bits per heavy atom. The fourth-order valence-electron chi connectivity index (χ4n) is 4.20. The Bertz CT molecular complexity index is 541. The van der Waals surface area contributed by atoms with Gasteiger partial charge in [-0.25, -0.2) is 0 Å². The van der Waals surface area contributed by atoms with Crippen LogP contribution in [0.4, 0.5) is 5.69 Å². The van der Waals surface area contributed by atoms with Gasteiger partial charge in [-0.3, -0.25) is 15.0 Å². The minimum Gasteiger partial charge on any atom is -0.314 e. The van der Waals surface area contributed by atoms with Gasteiger partial charge in [0.05, 0.1) is 4.92 Å². The molecule has 0 amide bonds. The van der Waals surface area contributed by atoms with Crippen LogP contribution in [-0.4, -0.2) is 36.0 Å². The van der Waals surface area contributed by atoms with E-state index < -0.39 is 0 Å². The predicted molar refractivity (Wildman–Crippen MR) is 106 cm³/mol. The van der Waals surface area contributed by atoms with Gasteiger partial charge in [0.1, 0.15) is 0 Å². The Hall–Kier alpha value is -0.880. The van der Waals surface area contributed by atoms with Gasteiger partial charge in [0, 0.05) is 43.9 Å². The number of aryl methyl sites for hydroxylation is 1. The maximum absolute atomic E-state index is 11.3. The number of nitro benzene ring substituents is 1. The molecule has 2 fully saturated rings. The zero-order valence-corrected chi connectivity index (χ0v) is 16.4. The first-order chi connectivity index (χ1) is 11.2. The van der Waals surface area contributed by atoms with E-state index in [0.717, 1.165) is 37.3 Å². The van der Waals surface area contributed by atoms with Crippen molar-refractivity contribution in [3.8, 4) is 0 Å². The van der Waals surface area contributed by atoms with Gasteiger partial charge in [-0.2, -0.15) is 0 Å². The topological polar surface area (TPSA) is 58.4 Å². The van der Waals surface area contributed by atoms with Gasteiger partial charge < -0.3 is 5.32 Å². The third kappa shape index (κ3) is 5.30. The van der Waals surface area contributed by atoms with Gasteiger partial charge in [0.15, 0.2) is 0 Å². The average Bonchev–Trinajstić information content (AvgIpc) is 2.58. The number of nitro groups is 1. The van der Waals surface area contributed by atoms with E-state index >= 15 is 0 Å². The molecule has 0 radical (unpaired) electrons. The van der Waals surface area contributed by atoms with Crippen molar-refractivity contribution in [3.05, 3.63) is 39.4 Å². The summed E-state index contributed by atoms with van der Waals surface area (Å²) in [5, 5.41) is 14.7. The first kappa shape index (κ1) is 22.2. The Morgan fingerprint density at radius 1 is 1.16 bits per heavy atom. The Morgan fingerprint density at radius 3 is 2.40 bits per heavy atom. The van der Waals surface area contributed by atoms with E-state index in [1.54, 1.807) is 0 Å². The first-order valence-electron chi connectivity index (χ1n) is 8.86. The SMILES string of the molecule is Cc1ccc([C@@H](C2CCCCC2)N2CCNCC2)cc1[N+](=O)[O-].Cl.Cl. The highest BCUT2D eigenvalue weighted by Gasteiger charge is 2.31. The van der Waals surface area contributed by atoms with Crippen molar-refractivity contribution in [2.45, 2.75) is 45.1 Å². The number of hydrogen-bond donors (Lipinski definition) is 1. The summed E-state index contributed by atoms with van der Waals surface area (Å²) in [6.45, 7) is 5.91. The summed E-state index contributed by atoms with van der Waals surface area (Å²) in [5.41, 5.74) is 2.15. The predicted octanol–water partition coefficient (Wildman–Crippen LogP) is 4.27. The Kier molecular flexibility index (Phi) is 9.14. The van der Waals surface area contributed by atoms with E-state index in [-0.39, 0.29) is 35.4 Å². The highest BCUT2D eigenvalue weighted by Crippen LogP contribution is 2.39. The molecule has 1 N–H and O–H groups in total. The summed E-state index contributed by atoms with van der Waals surface area (Å²) in [7, 11) is 0. The van der Waals surface area contributed by atoms with Crippen LogP contribution < -0.4 is 5.32 Å². The normalized spacial score (nSPS) is 20.2. The summed E-state index contributed by atoms with van der Waals surface area (Å²) in [4.78, 5) is 13.6. The highest BCUT2D eigenvalue weighted by molar-refractivity contribution is 5.85. The number of benzene rings is 1. The van der Waals surface area contributed by atoms with Crippen LogP contribution in [0, 0.1) is 23.0 Å². The first-order valence-corrected chi connectivity index (χ1v) is 8.86. The van der Waals surface area contributed by atoms with Crippen LogP contribution in [0.3, 0.4) is 0 Å². The molecule has 7 heteroatoms. The summed E-state index contributed by atoms with van der Waals surface area (Å²) in [6, 6.07) is 6.20. The van der Waals surface area contributed by atoms with E-state index in [1.165, 1.54) is 32.1 Å². The standard InChI is InChI=1S/C18H27N3O2.2ClH/c1-14-7-8-16(13-17(14)21(22)23)18(15-5-3-2-4-6-15)20-11-9-19-10-12-20;;/h7-8,13,15,18-19H,2-6,9-12H2,1H3;2*1H/t18-;;/m1../s1. The molecular weight excluding hydrogens is 361 g/mol. The van der Waals surface area contributed by atoms with Crippen molar-refractivity contribution < 1.29 is 4.92 Å². The van der Waals surface area contributed by atoms with E-state index in [1.807, 2.05) is 19.1 Å². The third-order valence-corrected chi connectivity index (χ3v) is 5.41. The van der Waals surface area contributed by atoms with Crippen LogP contribution in [-0.2, 0) is 0 Å². The molecule has 1 aliphatic carbocycles. The molecule has 5 nitrogen and oxygen atoms in total. The van der Waals surface area contributed by atoms with E-state index in [0.29, 0.717) is 12.0 Å². The summed E-state index contributed by atoms with van der Waals surface area (Å²) in [6.07, 6.45) is 6.41. The van der Waals surface area contributed by atoms with Gasteiger partial charge in [0.2, 0.25) is 0 Å². The number of hydrogen-bond acceptors (Lipinski definition) is 4. The largest absolute Gasteiger partial charge is 0.314 e. The summed E-state index contributed by atoms with van der Waals surface area (Å²) in [5.74, 6) is 0.629. The van der Waals surface area contributed by atoms with Gasteiger partial charge >= 0.3 is 0 Å². The van der Waals surface area contributed by atoms with Crippen molar-refractivity contribution in [2.75, 3.05) is 26.2 Å². The van der Waals surface area contributed by atoms with Crippen molar-refractivity contribution in [1.29, 1.82) is 0 Å². The molecule has 1 saturated carbocycles. The third-order valence-electron chi connectivity index (χ3n) is 5.41. The molecule has 0 bridgehead atoms. The zero-order chi connectivity index (χ0) is 16.2. The summed E-state index contributed by atoms with van der Waals surface area (Å²) >= 11 is 0. The molecule has 0 aromatic heterocycles. The lowest BCUT2D eigenvalue weighted by molar-refractivity contribution is -0.385. The van der Waals surface area contributed by atoms with Crippen LogP contribution in [0.15, 0.2) is 18.2 Å². The number of halogens is 2. The van der Waals surface area contributed by atoms with Gasteiger partial charge in [-0.1, -0.05) is 31.4 Å². The number of rotatable bonds is 4. The number of nitrogens with zero attached hydrogens (tertiary/aromatic N) is 2. The lowest BCUT2D eigenvalue weighted by atomic mass is 9.80. The maximum atomic E-state index is 11.3. The van der Waals surface area contributed by atoms with Gasteiger partial charge in [-0.15, -0.1) is 24.8 Å². The fourth-order valence-corrected chi connectivity index (χ4v) is 4.20. The van der Waals surface area contributed by atoms with Crippen molar-refractivity contribution in [3.63, 3.8) is 0 Å². The minimum absolute atomic E-state index is 0. The lowest BCUT2D eigenvalue weighted by Gasteiger charge is -2.41. The Balaban J connectivity index is 0.00000156. The average molecular weight is 390 g/mol. The molecule has 1 atom stereocenters. The van der Waals surface area contributed by atoms with E-state index in [9.17, 15) is 10.1 Å². The molecule has 1 aromatic carbocycles. The second kappa shape index (κ2) is 10.3. The molecule has 0 unspecified atom stereocenters. The zero-order valence-electron chi connectivity index (χ0n) is 14.8. The molecule has 2 aliphatic rings. The molecule has 0 spiro atoms. The number of nitrogens with one attached hydrogen (secondary N) is 1. The van der Waals surface area contributed by atoms with Crippen molar-refractivity contribution >= 4 is 30.5 Å². The fraction of sp³-hybridized carbons (Fsp3) is 0.667. The minimum atomic E-state index is -0.242. The molecular formula is C18H29Cl2N3O2. The molecule has 1 heterocycles. The second-order valence-electron chi connectivity index (χ2n) is 6.93. The highest BCUT2D eigenvalue weighted by atomic mass is 35.5. The van der Waals surface area contributed by atoms with Crippen molar-refractivity contribution in [1.82, 2.24) is 10.2 Å². The maximum Gasteiger partial charge on any atom is 0.272 e. The number of piperazine rings is 1. The lowest BCUT2D eigenvalue weighted by Crippen LogP contribution is -2.47. The quantitative estimate of drug-likeness (QED) is 0.616. The second-order valence-corrected chi connectivity index (χ2v) is 6.93. The molecule has 3 rings (SSSR count). The molecule has 142 valence electrons. The monoisotopic (exact) mass is 389 g/mol. The molecule has 1 aliphatic heterocycles. The smallest absolute Gasteiger partial charge is 0.272 e. The van der Waals surface area contributed by atoms with Crippen LogP contribution in [0.5, 0.6) is 0 Å². The van der Waals surface area contributed by atoms with Gasteiger partial charge in [-0.05, 0) is 31.2 Å². The molecule has 25 heavy (non-hydrogen) atoms. The summed E-state index contributed by atoms with van der Waals surface area (Å²) < 4.78 is 0. The van der Waals surface area contributed by atoms with Crippen LogP contribution in [0.25, 0.3) is 0 Å². The van der Waals surface area contributed by atoms with E-state index in [4.69, 9.17) is 0 Å². The van der Waals surface area contributed by atoms with Gasteiger partial charge in [0.25, 0.3) is 5.69 Å². The van der Waals surface area contributed by atoms with Crippen molar-refractivity contribution in [2.24, 2.45) is 5.92 Å².